The average Bonchev–Trinajstić information content (AvgIpc) is 2.79. The van der Waals surface area contributed by atoms with Crippen LogP contribution < -0.4 is 0 Å². The van der Waals surface area contributed by atoms with Gasteiger partial charge in [-0.05, 0) is 74.0 Å². The summed E-state index contributed by atoms with van der Waals surface area (Å²) in [5.41, 5.74) is 3.42. The van der Waals surface area contributed by atoms with Crippen LogP contribution in [0.15, 0.2) is 22.8 Å². The molecule has 23 heavy (non-hydrogen) atoms. The summed E-state index contributed by atoms with van der Waals surface area (Å²) in [4.78, 5) is 11.7. The summed E-state index contributed by atoms with van der Waals surface area (Å²) in [6.45, 7) is 2.22. The number of fused-ring (bicyclic) bond motifs is 4. The van der Waals surface area contributed by atoms with Crippen LogP contribution in [-0.4, -0.2) is 16.5 Å². The maximum atomic E-state index is 11.7. The van der Waals surface area contributed by atoms with Gasteiger partial charge in [-0.15, -0.1) is 0 Å². The Bertz CT molecular complexity index is 668. The van der Waals surface area contributed by atoms with Gasteiger partial charge in [0.2, 0.25) is 0 Å². The Balaban J connectivity index is 1.72. The minimum absolute atomic E-state index is 0.122. The average molecular weight is 311 g/mol. The maximum Gasteiger partial charge on any atom is 0.156 e. The van der Waals surface area contributed by atoms with Gasteiger partial charge in [0.05, 0.1) is 18.1 Å². The molecular formula is C20H25NO2. The lowest BCUT2D eigenvalue weighted by Gasteiger charge is -2.51. The Morgan fingerprint density at radius 2 is 2.09 bits per heavy atom. The molecule has 0 saturated heterocycles. The van der Waals surface area contributed by atoms with Crippen molar-refractivity contribution in [3.63, 3.8) is 0 Å². The van der Waals surface area contributed by atoms with Crippen molar-refractivity contribution in [2.45, 2.75) is 70.3 Å². The van der Waals surface area contributed by atoms with Crippen LogP contribution in [0.25, 0.3) is 0 Å². The highest BCUT2D eigenvalue weighted by Gasteiger charge is 2.60. The monoisotopic (exact) mass is 311 g/mol. The molecule has 122 valence electrons. The highest BCUT2D eigenvalue weighted by atomic mass is 16.3. The molecule has 0 amide bonds. The molecule has 0 unspecified atom stereocenters. The van der Waals surface area contributed by atoms with Crippen LogP contribution in [0.3, 0.4) is 0 Å². The third-order valence-electron chi connectivity index (χ3n) is 7.43. The molecule has 0 aliphatic heterocycles. The van der Waals surface area contributed by atoms with Gasteiger partial charge in [-0.1, -0.05) is 12.5 Å². The van der Waals surface area contributed by atoms with E-state index in [1.165, 1.54) is 11.1 Å². The minimum Gasteiger partial charge on any atom is -0.388 e. The van der Waals surface area contributed by atoms with Crippen molar-refractivity contribution in [3.05, 3.63) is 22.8 Å². The topological polar surface area (TPSA) is 61.1 Å². The number of aliphatic hydroxyl groups is 1. The van der Waals surface area contributed by atoms with E-state index in [0.717, 1.165) is 44.9 Å². The molecule has 4 atom stereocenters. The number of hydrogen-bond acceptors (Lipinski definition) is 3. The van der Waals surface area contributed by atoms with Gasteiger partial charge in [0.25, 0.3) is 0 Å². The van der Waals surface area contributed by atoms with Crippen LogP contribution in [0.2, 0.25) is 0 Å². The highest BCUT2D eigenvalue weighted by molar-refractivity contribution is 5.93. The number of nitrogens with zero attached hydrogens (tertiary/aromatic N) is 1. The lowest BCUT2D eigenvalue weighted by molar-refractivity contribution is -0.114. The summed E-state index contributed by atoms with van der Waals surface area (Å²) in [6.07, 6.45) is 9.67. The summed E-state index contributed by atoms with van der Waals surface area (Å²) < 4.78 is 0. The molecule has 0 bridgehead atoms. The lowest BCUT2D eigenvalue weighted by Crippen LogP contribution is -2.49. The van der Waals surface area contributed by atoms with Crippen molar-refractivity contribution < 1.29 is 9.90 Å². The van der Waals surface area contributed by atoms with E-state index in [0.29, 0.717) is 18.3 Å². The number of ketones is 1. The van der Waals surface area contributed by atoms with E-state index in [4.69, 9.17) is 5.26 Å². The van der Waals surface area contributed by atoms with Crippen molar-refractivity contribution in [2.24, 2.45) is 17.3 Å². The Labute approximate surface area is 138 Å². The van der Waals surface area contributed by atoms with E-state index in [9.17, 15) is 9.90 Å². The fraction of sp³-hybridized carbons (Fsp3) is 0.700. The molecule has 2 fully saturated rings. The van der Waals surface area contributed by atoms with Gasteiger partial charge in [0, 0.05) is 11.8 Å². The van der Waals surface area contributed by atoms with E-state index in [1.807, 2.05) is 6.08 Å². The molecule has 0 aromatic heterocycles. The number of nitriles is 1. The minimum atomic E-state index is -0.804. The first kappa shape index (κ1) is 15.1. The third-order valence-corrected chi connectivity index (χ3v) is 7.43. The molecule has 3 nitrogen and oxygen atoms in total. The lowest BCUT2D eigenvalue weighted by atomic mass is 9.54. The summed E-state index contributed by atoms with van der Waals surface area (Å²) in [6, 6.07) is 2.22. The van der Waals surface area contributed by atoms with Gasteiger partial charge in [-0.2, -0.15) is 5.26 Å². The summed E-state index contributed by atoms with van der Waals surface area (Å²) in [5, 5.41) is 20.3. The third kappa shape index (κ3) is 2.01. The molecule has 4 aliphatic carbocycles. The molecular weight excluding hydrogens is 286 g/mol. The first-order valence-corrected chi connectivity index (χ1v) is 9.03. The molecule has 4 rings (SSSR count). The van der Waals surface area contributed by atoms with Gasteiger partial charge in [-0.3, -0.25) is 4.79 Å². The molecule has 0 heterocycles. The maximum absolute atomic E-state index is 11.7. The zero-order valence-corrected chi connectivity index (χ0v) is 13.9. The second kappa shape index (κ2) is 5.05. The van der Waals surface area contributed by atoms with Crippen LogP contribution >= 0.6 is 0 Å². The van der Waals surface area contributed by atoms with Crippen LogP contribution in [0.5, 0.6) is 0 Å². The van der Waals surface area contributed by atoms with E-state index in [2.05, 4.69) is 13.0 Å². The van der Waals surface area contributed by atoms with Gasteiger partial charge >= 0.3 is 0 Å². The first-order chi connectivity index (χ1) is 11.0. The Morgan fingerprint density at radius 3 is 2.87 bits per heavy atom. The summed E-state index contributed by atoms with van der Waals surface area (Å²) in [5.74, 6) is 1.34. The highest BCUT2D eigenvalue weighted by Crippen LogP contribution is 2.64. The SMILES string of the molecule is C[C@@]12CCC3=C4CCC(=O)C=C4CC[C@H]3[C@@H]1CC[C@@]2(O)CC#N. The molecule has 0 aromatic rings. The zero-order valence-electron chi connectivity index (χ0n) is 13.9. The molecule has 4 aliphatic rings. The Kier molecular flexibility index (Phi) is 3.32. The number of rotatable bonds is 1. The summed E-state index contributed by atoms with van der Waals surface area (Å²) >= 11 is 0. The molecule has 1 N–H and O–H groups in total. The largest absolute Gasteiger partial charge is 0.388 e. The van der Waals surface area contributed by atoms with E-state index < -0.39 is 5.60 Å². The van der Waals surface area contributed by atoms with Crippen molar-refractivity contribution >= 4 is 5.78 Å². The van der Waals surface area contributed by atoms with Crippen molar-refractivity contribution in [3.8, 4) is 6.07 Å². The predicted octanol–water partition coefficient (Wildman–Crippen LogP) is 3.84. The van der Waals surface area contributed by atoms with Gasteiger partial charge in [-0.25, -0.2) is 0 Å². The fourth-order valence-corrected chi connectivity index (χ4v) is 6.06. The quantitative estimate of drug-likeness (QED) is 0.800. The van der Waals surface area contributed by atoms with Crippen molar-refractivity contribution in [1.82, 2.24) is 0 Å². The molecule has 2 saturated carbocycles. The summed E-state index contributed by atoms with van der Waals surface area (Å²) in [7, 11) is 0. The van der Waals surface area contributed by atoms with E-state index in [1.54, 1.807) is 5.57 Å². The fourth-order valence-electron chi connectivity index (χ4n) is 6.06. The Hall–Kier alpha value is -1.40. The van der Waals surface area contributed by atoms with Crippen molar-refractivity contribution in [1.29, 1.82) is 5.26 Å². The van der Waals surface area contributed by atoms with Crippen LogP contribution in [0.4, 0.5) is 0 Å². The molecule has 3 heteroatoms. The number of hydrogen-bond donors (Lipinski definition) is 1. The van der Waals surface area contributed by atoms with Gasteiger partial charge in [0.1, 0.15) is 0 Å². The number of allylic oxidation sites excluding steroid dienone is 4. The van der Waals surface area contributed by atoms with Gasteiger partial charge in [0.15, 0.2) is 5.78 Å². The van der Waals surface area contributed by atoms with E-state index in [-0.39, 0.29) is 17.6 Å². The molecule has 0 aromatic carbocycles. The van der Waals surface area contributed by atoms with Crippen LogP contribution in [0.1, 0.15) is 64.7 Å². The second-order valence-corrected chi connectivity index (χ2v) is 8.21. The normalized spacial score (nSPS) is 42.5. The van der Waals surface area contributed by atoms with Crippen LogP contribution in [0, 0.1) is 28.6 Å². The first-order valence-electron chi connectivity index (χ1n) is 9.03. The zero-order chi connectivity index (χ0) is 16.2. The molecule has 0 spiro atoms. The predicted molar refractivity (Wildman–Crippen MR) is 87.3 cm³/mol. The van der Waals surface area contributed by atoms with Crippen LogP contribution in [-0.2, 0) is 4.79 Å². The Morgan fingerprint density at radius 1 is 1.26 bits per heavy atom. The van der Waals surface area contributed by atoms with Crippen molar-refractivity contribution in [2.75, 3.05) is 0 Å². The number of carbonyl (C=O) groups is 1. The number of carbonyl (C=O) groups excluding carboxylic acids is 1. The van der Waals surface area contributed by atoms with Gasteiger partial charge < -0.3 is 5.11 Å². The standard InChI is InChI=1S/C20H25NO2/c1-19-8-6-16-15-5-3-14(22)12-13(15)2-4-17(16)18(19)7-9-20(19,23)10-11-21/h12,17-18,23H,2-10H2,1H3/t17-,18+,19-,20-/m1/s1. The second-order valence-electron chi connectivity index (χ2n) is 8.21. The van der Waals surface area contributed by atoms with E-state index >= 15 is 0 Å². The smallest absolute Gasteiger partial charge is 0.156 e. The molecule has 0 radical (unpaired) electrons.